The third-order valence-electron chi connectivity index (χ3n) is 3.86. The summed E-state index contributed by atoms with van der Waals surface area (Å²) < 4.78 is 2.97. The average molecular weight is 376 g/mol. The van der Waals surface area contributed by atoms with E-state index in [1.807, 2.05) is 30.7 Å². The summed E-state index contributed by atoms with van der Waals surface area (Å²) in [7, 11) is 1.87. The molecule has 1 saturated heterocycles. The molecule has 1 fully saturated rings. The molecule has 1 aromatic heterocycles. The van der Waals surface area contributed by atoms with E-state index in [2.05, 4.69) is 16.4 Å². The van der Waals surface area contributed by atoms with E-state index in [9.17, 15) is 14.4 Å². The summed E-state index contributed by atoms with van der Waals surface area (Å²) in [5.74, 6) is -1.21. The molecule has 0 radical (unpaired) electrons. The van der Waals surface area contributed by atoms with Crippen LogP contribution < -0.4 is 10.1 Å². The first-order chi connectivity index (χ1) is 11.8. The van der Waals surface area contributed by atoms with E-state index in [1.54, 1.807) is 0 Å². The molecular weight excluding hydrogens is 360 g/mol. The molecule has 2 aromatic rings. The van der Waals surface area contributed by atoms with Gasteiger partial charge in [-0.25, -0.2) is 0 Å². The summed E-state index contributed by atoms with van der Waals surface area (Å²) in [5, 5.41) is 2.46. The Morgan fingerprint density at radius 3 is 2.68 bits per heavy atom. The first-order valence-corrected chi connectivity index (χ1v) is 8.85. The fourth-order valence-electron chi connectivity index (χ4n) is 2.56. The van der Waals surface area contributed by atoms with Gasteiger partial charge in [-0.1, -0.05) is 17.4 Å². The minimum Gasteiger partial charge on any atom is -0.319 e. The number of carbonyl (C=O) groups is 3. The van der Waals surface area contributed by atoms with Crippen LogP contribution in [0.4, 0.5) is 0 Å². The highest BCUT2D eigenvalue weighted by molar-refractivity contribution is 7.80. The van der Waals surface area contributed by atoms with Gasteiger partial charge in [0.05, 0.1) is 10.2 Å². The number of thiocarbonyl (C=S) groups is 1. The van der Waals surface area contributed by atoms with Crippen LogP contribution in [-0.4, -0.2) is 38.8 Å². The Morgan fingerprint density at radius 2 is 2.00 bits per heavy atom. The zero-order chi connectivity index (χ0) is 18.1. The van der Waals surface area contributed by atoms with Crippen molar-refractivity contribution in [1.82, 2.24) is 14.8 Å². The fourth-order valence-corrected chi connectivity index (χ4v) is 3.95. The SMILES string of the molecule is Cc1ccc2c(c1)sc(=NC(=S)NC(=O)CN1C(=O)CCC1=O)n2C. The maximum Gasteiger partial charge on any atom is 0.246 e. The van der Waals surface area contributed by atoms with Crippen molar-refractivity contribution in [2.75, 3.05) is 6.54 Å². The number of carbonyl (C=O) groups excluding carboxylic acids is 3. The first kappa shape index (κ1) is 17.4. The fraction of sp³-hybridized carbons (Fsp3) is 0.312. The largest absolute Gasteiger partial charge is 0.319 e. The van der Waals surface area contributed by atoms with Crippen molar-refractivity contribution in [3.63, 3.8) is 0 Å². The summed E-state index contributed by atoms with van der Waals surface area (Å²) in [5.41, 5.74) is 2.17. The zero-order valence-corrected chi connectivity index (χ0v) is 15.4. The van der Waals surface area contributed by atoms with Crippen LogP contribution in [0, 0.1) is 6.92 Å². The highest BCUT2D eigenvalue weighted by atomic mass is 32.1. The van der Waals surface area contributed by atoms with Crippen molar-refractivity contribution in [1.29, 1.82) is 0 Å². The lowest BCUT2D eigenvalue weighted by Gasteiger charge is -2.12. The van der Waals surface area contributed by atoms with Gasteiger partial charge in [-0.2, -0.15) is 4.99 Å². The minimum absolute atomic E-state index is 0.00275. The molecule has 1 N–H and O–H groups in total. The molecule has 25 heavy (non-hydrogen) atoms. The third kappa shape index (κ3) is 3.67. The van der Waals surface area contributed by atoms with Crippen molar-refractivity contribution >= 4 is 56.6 Å². The van der Waals surface area contributed by atoms with Crippen molar-refractivity contribution in [3.05, 3.63) is 28.6 Å². The average Bonchev–Trinajstić information content (AvgIpc) is 3.01. The number of amides is 3. The van der Waals surface area contributed by atoms with Gasteiger partial charge in [-0.15, -0.1) is 0 Å². The summed E-state index contributed by atoms with van der Waals surface area (Å²) in [6.07, 6.45) is 0.302. The van der Waals surface area contributed by atoms with Gasteiger partial charge in [-0.3, -0.25) is 24.6 Å². The van der Waals surface area contributed by atoms with E-state index in [-0.39, 0.29) is 36.3 Å². The molecule has 7 nitrogen and oxygen atoms in total. The first-order valence-electron chi connectivity index (χ1n) is 7.63. The highest BCUT2D eigenvalue weighted by Gasteiger charge is 2.30. The molecule has 2 heterocycles. The summed E-state index contributed by atoms with van der Waals surface area (Å²) in [4.78, 5) is 40.9. The van der Waals surface area contributed by atoms with Gasteiger partial charge >= 0.3 is 0 Å². The number of hydrogen-bond acceptors (Lipinski definition) is 5. The second kappa shape index (κ2) is 6.85. The minimum atomic E-state index is -0.531. The lowest BCUT2D eigenvalue weighted by molar-refractivity contribution is -0.142. The van der Waals surface area contributed by atoms with Gasteiger partial charge < -0.3 is 4.57 Å². The standard InChI is InChI=1S/C16H16N4O3S2/c1-9-3-4-10-11(7-9)25-16(19(10)2)18-15(24)17-12(21)8-20-13(22)5-6-14(20)23/h3-4,7H,5-6,8H2,1-2H3,(H,17,21,24). The van der Waals surface area contributed by atoms with Crippen molar-refractivity contribution in [2.24, 2.45) is 12.0 Å². The number of aromatic nitrogens is 1. The maximum atomic E-state index is 12.0. The van der Waals surface area contributed by atoms with Crippen LogP contribution in [0.3, 0.4) is 0 Å². The number of thiazole rings is 1. The van der Waals surface area contributed by atoms with E-state index in [1.165, 1.54) is 11.3 Å². The van der Waals surface area contributed by atoms with Gasteiger partial charge in [0.15, 0.2) is 4.80 Å². The normalized spacial score (nSPS) is 15.3. The molecule has 0 atom stereocenters. The monoisotopic (exact) mass is 376 g/mol. The third-order valence-corrected chi connectivity index (χ3v) is 5.15. The van der Waals surface area contributed by atoms with Crippen LogP contribution in [0.5, 0.6) is 0 Å². The van der Waals surface area contributed by atoms with Gasteiger partial charge in [0.25, 0.3) is 0 Å². The Kier molecular flexibility index (Phi) is 4.78. The molecule has 9 heteroatoms. The maximum absolute atomic E-state index is 12.0. The lowest BCUT2D eigenvalue weighted by atomic mass is 10.2. The summed E-state index contributed by atoms with van der Waals surface area (Å²) >= 11 is 6.57. The molecule has 0 bridgehead atoms. The van der Waals surface area contributed by atoms with Crippen molar-refractivity contribution in [2.45, 2.75) is 19.8 Å². The molecule has 1 aliphatic heterocycles. The Bertz CT molecular complexity index is 957. The summed E-state index contributed by atoms with van der Waals surface area (Å²) in [6.45, 7) is 1.69. The Hall–Kier alpha value is -2.39. The van der Waals surface area contributed by atoms with Crippen molar-refractivity contribution in [3.8, 4) is 0 Å². The quantitative estimate of drug-likeness (QED) is 0.626. The topological polar surface area (TPSA) is 83.8 Å². The smallest absolute Gasteiger partial charge is 0.246 e. The molecular formula is C16H16N4O3S2. The Labute approximate surface area is 153 Å². The zero-order valence-electron chi connectivity index (χ0n) is 13.7. The molecule has 130 valence electrons. The second-order valence-corrected chi connectivity index (χ2v) is 7.15. The Morgan fingerprint density at radius 1 is 1.32 bits per heavy atom. The number of aryl methyl sites for hydroxylation is 2. The van der Waals surface area contributed by atoms with Gasteiger partial charge in [-0.05, 0) is 36.8 Å². The number of nitrogens with one attached hydrogen (secondary N) is 1. The number of nitrogens with zero attached hydrogens (tertiary/aromatic N) is 3. The number of hydrogen-bond donors (Lipinski definition) is 1. The predicted octanol–water partition coefficient (Wildman–Crippen LogP) is 0.999. The predicted molar refractivity (Wildman–Crippen MR) is 97.8 cm³/mol. The van der Waals surface area contributed by atoms with E-state index in [0.29, 0.717) is 4.80 Å². The van der Waals surface area contributed by atoms with Crippen LogP contribution in [-0.2, 0) is 21.4 Å². The van der Waals surface area contributed by atoms with Crippen molar-refractivity contribution < 1.29 is 14.4 Å². The molecule has 0 unspecified atom stereocenters. The van der Waals surface area contributed by atoms with Gasteiger partial charge in [0.2, 0.25) is 22.8 Å². The molecule has 1 aromatic carbocycles. The van der Waals surface area contributed by atoms with Gasteiger partial charge in [0.1, 0.15) is 6.54 Å². The molecule has 3 amide bonds. The van der Waals surface area contributed by atoms with Crippen LogP contribution in [0.1, 0.15) is 18.4 Å². The number of fused-ring (bicyclic) bond motifs is 1. The van der Waals surface area contributed by atoms with E-state index in [0.717, 1.165) is 20.7 Å². The molecule has 0 aliphatic carbocycles. The number of likely N-dealkylation sites (tertiary alicyclic amines) is 1. The molecule has 3 rings (SSSR count). The number of imide groups is 1. The molecule has 1 aliphatic rings. The number of rotatable bonds is 2. The Balaban J connectivity index is 1.74. The van der Waals surface area contributed by atoms with Gasteiger partial charge in [0, 0.05) is 19.9 Å². The lowest BCUT2D eigenvalue weighted by Crippen LogP contribution is -2.41. The van der Waals surface area contributed by atoms with E-state index in [4.69, 9.17) is 12.2 Å². The van der Waals surface area contributed by atoms with Crippen LogP contribution in [0.15, 0.2) is 23.2 Å². The van der Waals surface area contributed by atoms with Crippen LogP contribution in [0.25, 0.3) is 10.2 Å². The second-order valence-electron chi connectivity index (χ2n) is 5.75. The van der Waals surface area contributed by atoms with E-state index < -0.39 is 5.91 Å². The van der Waals surface area contributed by atoms with E-state index >= 15 is 0 Å². The number of benzene rings is 1. The van der Waals surface area contributed by atoms with Crippen LogP contribution >= 0.6 is 23.6 Å². The molecule has 0 spiro atoms. The highest BCUT2D eigenvalue weighted by Crippen LogP contribution is 2.17. The van der Waals surface area contributed by atoms with Crippen LogP contribution in [0.2, 0.25) is 0 Å². The molecule has 0 saturated carbocycles. The summed E-state index contributed by atoms with van der Waals surface area (Å²) in [6, 6.07) is 6.08.